The van der Waals surface area contributed by atoms with E-state index in [2.05, 4.69) is 25.8 Å². The van der Waals surface area contributed by atoms with E-state index in [1.54, 1.807) is 6.07 Å². The van der Waals surface area contributed by atoms with Crippen LogP contribution >= 0.6 is 0 Å². The number of hydrogen-bond acceptors (Lipinski definition) is 5. The molecule has 1 aliphatic heterocycles. The minimum atomic E-state index is -0.546. The molecule has 4 N–H and O–H groups in total. The number of H-pyrrole nitrogens is 2. The summed E-state index contributed by atoms with van der Waals surface area (Å²) in [4.78, 5) is 10.8. The summed E-state index contributed by atoms with van der Waals surface area (Å²) in [5, 5.41) is 22.3. The minimum absolute atomic E-state index is 0.189. The number of fused-ring (bicyclic) bond motifs is 2. The Morgan fingerprint density at radius 2 is 1.77 bits per heavy atom. The lowest BCUT2D eigenvalue weighted by molar-refractivity contribution is 0.0668. The number of ether oxygens (including phenoxy) is 1. The quantitative estimate of drug-likeness (QED) is 0.396. The maximum atomic E-state index is 10.5. The molecule has 5 rings (SSSR count). The Morgan fingerprint density at radius 3 is 2.63 bits per heavy atom. The van der Waals surface area contributed by atoms with Gasteiger partial charge < -0.3 is 29.8 Å². The number of aliphatic hydroxyl groups is 1. The Kier molecular flexibility index (Phi) is 4.98. The van der Waals surface area contributed by atoms with Crippen LogP contribution in [0, 0.1) is 0 Å². The van der Waals surface area contributed by atoms with Gasteiger partial charge in [0.1, 0.15) is 18.5 Å². The first-order valence-corrected chi connectivity index (χ1v) is 10.3. The van der Waals surface area contributed by atoms with E-state index in [0.717, 1.165) is 59.4 Å². The van der Waals surface area contributed by atoms with E-state index in [0.29, 0.717) is 6.54 Å². The Hall–Kier alpha value is -3.16. The third-order valence-corrected chi connectivity index (χ3v) is 5.80. The fourth-order valence-corrected chi connectivity index (χ4v) is 4.29. The van der Waals surface area contributed by atoms with Gasteiger partial charge in [0.15, 0.2) is 5.88 Å². The lowest BCUT2D eigenvalue weighted by atomic mass is 10.1. The summed E-state index contributed by atoms with van der Waals surface area (Å²) >= 11 is 0. The first kappa shape index (κ1) is 18.8. The van der Waals surface area contributed by atoms with Crippen molar-refractivity contribution in [1.82, 2.24) is 14.9 Å². The molecular formula is C23H26N4O3. The number of rotatable bonds is 6. The van der Waals surface area contributed by atoms with Gasteiger partial charge in [0.05, 0.1) is 5.52 Å². The fourth-order valence-electron chi connectivity index (χ4n) is 4.29. The molecule has 0 aliphatic carbocycles. The molecule has 0 amide bonds. The number of aromatic nitrogens is 2. The number of piperazine rings is 1. The number of aromatic amines is 2. The van der Waals surface area contributed by atoms with Gasteiger partial charge in [-0.05, 0) is 30.3 Å². The smallest absolute Gasteiger partial charge is 0.189 e. The zero-order valence-corrected chi connectivity index (χ0v) is 16.7. The number of β-amino-alcohol motifs (C(OH)–C–C–N with tert-alkyl or cyclic N) is 1. The number of aromatic hydroxyl groups is 1. The van der Waals surface area contributed by atoms with E-state index in [-0.39, 0.29) is 12.5 Å². The van der Waals surface area contributed by atoms with E-state index in [4.69, 9.17) is 4.74 Å². The lowest BCUT2D eigenvalue weighted by Gasteiger charge is -2.37. The van der Waals surface area contributed by atoms with Crippen LogP contribution in [0.15, 0.2) is 54.7 Å². The first-order chi connectivity index (χ1) is 14.7. The minimum Gasteiger partial charge on any atom is -0.495 e. The van der Waals surface area contributed by atoms with Crippen LogP contribution in [0.3, 0.4) is 0 Å². The average Bonchev–Trinajstić information content (AvgIpc) is 3.38. The Bertz CT molecular complexity index is 1140. The molecule has 7 heteroatoms. The predicted octanol–water partition coefficient (Wildman–Crippen LogP) is 2.92. The summed E-state index contributed by atoms with van der Waals surface area (Å²) in [7, 11) is 0. The second kappa shape index (κ2) is 7.93. The molecule has 1 unspecified atom stereocenters. The topological polar surface area (TPSA) is 87.8 Å². The van der Waals surface area contributed by atoms with Gasteiger partial charge in [-0.1, -0.05) is 12.1 Å². The van der Waals surface area contributed by atoms with Gasteiger partial charge in [0, 0.05) is 67.0 Å². The molecule has 3 heterocycles. The average molecular weight is 406 g/mol. The highest BCUT2D eigenvalue weighted by Crippen LogP contribution is 2.30. The summed E-state index contributed by atoms with van der Waals surface area (Å²) in [6.45, 7) is 4.36. The fraction of sp³-hybridized carbons (Fsp3) is 0.304. The van der Waals surface area contributed by atoms with E-state index in [1.807, 2.05) is 42.6 Å². The molecule has 1 aliphatic rings. The van der Waals surface area contributed by atoms with Crippen molar-refractivity contribution in [3.63, 3.8) is 0 Å². The van der Waals surface area contributed by atoms with Gasteiger partial charge in [-0.15, -0.1) is 0 Å². The molecule has 0 saturated carbocycles. The third-order valence-electron chi connectivity index (χ3n) is 5.80. The SMILES string of the molecule is Oc1cc2c(N3CCN(CC(O)COc4cccc5[nH]ccc45)CC3)cccc2[nH]1. The van der Waals surface area contributed by atoms with Crippen molar-refractivity contribution in [1.29, 1.82) is 0 Å². The van der Waals surface area contributed by atoms with Crippen LogP contribution in [0.4, 0.5) is 5.69 Å². The van der Waals surface area contributed by atoms with Gasteiger partial charge in [-0.2, -0.15) is 0 Å². The van der Waals surface area contributed by atoms with Crippen molar-refractivity contribution in [3.8, 4) is 11.6 Å². The number of nitrogens with zero attached hydrogens (tertiary/aromatic N) is 2. The standard InChI is InChI=1S/C23H26N4O3/c28-16(15-30-22-6-2-3-19-17(22)7-8-24-19)14-26-9-11-27(12-10-26)21-5-1-4-20-18(21)13-23(29)25-20/h1-8,13,16,24-25,28-29H,9-12,14-15H2. The molecule has 2 aromatic carbocycles. The molecule has 0 spiro atoms. The van der Waals surface area contributed by atoms with Crippen molar-refractivity contribution in [2.75, 3.05) is 44.2 Å². The van der Waals surface area contributed by atoms with E-state index in [1.165, 1.54) is 0 Å². The molecule has 1 atom stereocenters. The summed E-state index contributed by atoms with van der Waals surface area (Å²) < 4.78 is 5.89. The van der Waals surface area contributed by atoms with E-state index >= 15 is 0 Å². The lowest BCUT2D eigenvalue weighted by Crippen LogP contribution is -2.49. The summed E-state index contributed by atoms with van der Waals surface area (Å²) in [6, 6.07) is 15.7. The highest BCUT2D eigenvalue weighted by atomic mass is 16.5. The van der Waals surface area contributed by atoms with Gasteiger partial charge in [0.2, 0.25) is 0 Å². The molecule has 0 radical (unpaired) electrons. The largest absolute Gasteiger partial charge is 0.495 e. The van der Waals surface area contributed by atoms with Gasteiger partial charge in [0.25, 0.3) is 0 Å². The number of nitrogens with one attached hydrogen (secondary N) is 2. The number of anilines is 1. The summed E-state index contributed by atoms with van der Waals surface area (Å²) in [6.07, 6.45) is 1.35. The predicted molar refractivity (Wildman–Crippen MR) is 118 cm³/mol. The number of hydrogen-bond donors (Lipinski definition) is 4. The number of aliphatic hydroxyl groups excluding tert-OH is 1. The van der Waals surface area contributed by atoms with Crippen molar-refractivity contribution >= 4 is 27.5 Å². The van der Waals surface area contributed by atoms with Crippen molar-refractivity contribution in [2.24, 2.45) is 0 Å². The number of benzene rings is 2. The zero-order chi connectivity index (χ0) is 20.5. The summed E-state index contributed by atoms with van der Waals surface area (Å²) in [5.41, 5.74) is 3.11. The molecule has 7 nitrogen and oxygen atoms in total. The van der Waals surface area contributed by atoms with Crippen molar-refractivity contribution in [3.05, 3.63) is 54.7 Å². The maximum Gasteiger partial charge on any atom is 0.189 e. The molecule has 1 fully saturated rings. The highest BCUT2D eigenvalue weighted by Gasteiger charge is 2.21. The van der Waals surface area contributed by atoms with Crippen LogP contribution in [0.25, 0.3) is 21.8 Å². The molecule has 0 bridgehead atoms. The van der Waals surface area contributed by atoms with Crippen molar-refractivity contribution in [2.45, 2.75) is 6.10 Å². The molecule has 1 saturated heterocycles. The molecule has 2 aromatic heterocycles. The second-order valence-electron chi connectivity index (χ2n) is 7.84. The Labute approximate surface area is 174 Å². The monoisotopic (exact) mass is 406 g/mol. The van der Waals surface area contributed by atoms with Crippen LogP contribution < -0.4 is 9.64 Å². The van der Waals surface area contributed by atoms with Crippen LogP contribution in [0.5, 0.6) is 11.6 Å². The maximum absolute atomic E-state index is 10.5. The van der Waals surface area contributed by atoms with Gasteiger partial charge >= 0.3 is 0 Å². The first-order valence-electron chi connectivity index (χ1n) is 10.3. The van der Waals surface area contributed by atoms with Gasteiger partial charge in [-0.3, -0.25) is 4.90 Å². The Morgan fingerprint density at radius 1 is 0.967 bits per heavy atom. The molecule has 30 heavy (non-hydrogen) atoms. The zero-order valence-electron chi connectivity index (χ0n) is 16.7. The van der Waals surface area contributed by atoms with E-state index in [9.17, 15) is 10.2 Å². The normalized spacial score (nSPS) is 16.4. The van der Waals surface area contributed by atoms with Crippen molar-refractivity contribution < 1.29 is 14.9 Å². The van der Waals surface area contributed by atoms with Crippen LogP contribution in [-0.4, -0.2) is 70.5 Å². The Balaban J connectivity index is 1.15. The third kappa shape index (κ3) is 3.69. The molecular weight excluding hydrogens is 380 g/mol. The van der Waals surface area contributed by atoms with Crippen LogP contribution in [-0.2, 0) is 0 Å². The molecule has 4 aromatic rings. The van der Waals surface area contributed by atoms with Crippen LogP contribution in [0.1, 0.15) is 0 Å². The molecule has 156 valence electrons. The van der Waals surface area contributed by atoms with Gasteiger partial charge in [-0.25, -0.2) is 0 Å². The summed E-state index contributed by atoms with van der Waals surface area (Å²) in [5.74, 6) is 0.981. The second-order valence-corrected chi connectivity index (χ2v) is 7.84. The van der Waals surface area contributed by atoms with E-state index < -0.39 is 6.10 Å². The van der Waals surface area contributed by atoms with Crippen LogP contribution in [0.2, 0.25) is 0 Å². The highest BCUT2D eigenvalue weighted by molar-refractivity contribution is 5.93.